The molecule has 0 spiro atoms. The van der Waals surface area contributed by atoms with Gasteiger partial charge in [-0.05, 0) is 35.4 Å². The topological polar surface area (TPSA) is 46.5 Å². The smallest absolute Gasteiger partial charge is 0.182 e. The Morgan fingerprint density at radius 1 is 0.913 bits per heavy atom. The van der Waals surface area contributed by atoms with Gasteiger partial charge in [0.05, 0.1) is 7.11 Å². The Bertz CT molecular complexity index is 723. The minimum atomic E-state index is -0.281. The molecule has 0 atom stereocenters. The number of carbonyl (C=O) groups is 1. The van der Waals surface area contributed by atoms with E-state index >= 15 is 0 Å². The Labute approximate surface area is 135 Å². The van der Waals surface area contributed by atoms with E-state index in [4.69, 9.17) is 4.74 Å². The number of rotatable bonds is 6. The number of hydrogen-bond donors (Lipinski definition) is 1. The van der Waals surface area contributed by atoms with E-state index in [0.29, 0.717) is 0 Å². The molecule has 0 aromatic heterocycles. The average Bonchev–Trinajstić information content (AvgIpc) is 2.59. The van der Waals surface area contributed by atoms with Crippen LogP contribution in [-0.2, 0) is 4.79 Å². The van der Waals surface area contributed by atoms with Gasteiger partial charge in [-0.15, -0.1) is 0 Å². The molecule has 2 aromatic carbocycles. The van der Waals surface area contributed by atoms with Crippen LogP contribution in [0.3, 0.4) is 0 Å². The highest BCUT2D eigenvalue weighted by molar-refractivity contribution is 6.02. The molecule has 0 aliphatic rings. The zero-order valence-corrected chi connectivity index (χ0v) is 12.8. The highest BCUT2D eigenvalue weighted by Crippen LogP contribution is 2.12. The molecule has 23 heavy (non-hydrogen) atoms. The van der Waals surface area contributed by atoms with Gasteiger partial charge >= 0.3 is 0 Å². The van der Waals surface area contributed by atoms with E-state index in [9.17, 15) is 9.90 Å². The molecule has 0 heterocycles. The summed E-state index contributed by atoms with van der Waals surface area (Å²) in [6.45, 7) is 0. The Kier molecular flexibility index (Phi) is 5.95. The highest BCUT2D eigenvalue weighted by Gasteiger charge is 1.95. The largest absolute Gasteiger partial charge is 0.508 e. The fourth-order valence-corrected chi connectivity index (χ4v) is 1.88. The fourth-order valence-electron chi connectivity index (χ4n) is 1.88. The van der Waals surface area contributed by atoms with Crippen LogP contribution >= 0.6 is 0 Å². The van der Waals surface area contributed by atoms with Gasteiger partial charge in [0.2, 0.25) is 0 Å². The maximum Gasteiger partial charge on any atom is 0.182 e. The van der Waals surface area contributed by atoms with E-state index in [1.807, 2.05) is 54.6 Å². The number of aliphatic hydroxyl groups excluding tert-OH is 1. The lowest BCUT2D eigenvalue weighted by molar-refractivity contribution is -0.110. The van der Waals surface area contributed by atoms with Crippen molar-refractivity contribution >= 4 is 17.9 Å². The fraction of sp³-hybridized carbons (Fsp3) is 0.0500. The summed E-state index contributed by atoms with van der Waals surface area (Å²) < 4.78 is 5.07. The first-order chi connectivity index (χ1) is 11.2. The zero-order valence-electron chi connectivity index (χ0n) is 12.8. The second kappa shape index (κ2) is 8.39. The third kappa shape index (κ3) is 5.67. The van der Waals surface area contributed by atoms with Crippen molar-refractivity contribution in [3.63, 3.8) is 0 Å². The van der Waals surface area contributed by atoms with Crippen molar-refractivity contribution in [2.75, 3.05) is 7.11 Å². The Morgan fingerprint density at radius 3 is 2.17 bits per heavy atom. The van der Waals surface area contributed by atoms with Gasteiger partial charge in [-0.2, -0.15) is 0 Å². The molecule has 0 radical (unpaired) electrons. The number of allylic oxidation sites excluding steroid dienone is 3. The molecule has 3 nitrogen and oxygen atoms in total. The molecule has 2 rings (SSSR count). The molecule has 0 aliphatic carbocycles. The van der Waals surface area contributed by atoms with Crippen molar-refractivity contribution in [3.05, 3.63) is 89.7 Å². The number of ketones is 1. The number of aliphatic hydroxyl groups is 1. The SMILES string of the molecule is COc1ccc(/C=C/C(=O)/C=C(O)/C=C/c2ccccc2)cc1. The predicted molar refractivity (Wildman–Crippen MR) is 93.2 cm³/mol. The second-order valence-corrected chi connectivity index (χ2v) is 4.82. The van der Waals surface area contributed by atoms with E-state index in [-0.39, 0.29) is 11.5 Å². The van der Waals surface area contributed by atoms with Crippen molar-refractivity contribution in [2.24, 2.45) is 0 Å². The van der Waals surface area contributed by atoms with E-state index < -0.39 is 0 Å². The summed E-state index contributed by atoms with van der Waals surface area (Å²) in [6, 6.07) is 16.9. The van der Waals surface area contributed by atoms with Gasteiger partial charge in [-0.25, -0.2) is 0 Å². The van der Waals surface area contributed by atoms with Crippen LogP contribution in [0.4, 0.5) is 0 Å². The Balaban J connectivity index is 1.96. The number of carbonyl (C=O) groups excluding carboxylic acids is 1. The molecule has 0 fully saturated rings. The minimum absolute atomic E-state index is 0.0850. The first-order valence-corrected chi connectivity index (χ1v) is 7.17. The summed E-state index contributed by atoms with van der Waals surface area (Å²) in [6.07, 6.45) is 7.51. The van der Waals surface area contributed by atoms with Crippen LogP contribution < -0.4 is 4.74 Å². The van der Waals surface area contributed by atoms with Crippen molar-refractivity contribution in [1.82, 2.24) is 0 Å². The molecular weight excluding hydrogens is 288 g/mol. The van der Waals surface area contributed by atoms with Gasteiger partial charge in [-0.1, -0.05) is 54.6 Å². The first-order valence-electron chi connectivity index (χ1n) is 7.17. The number of benzene rings is 2. The van der Waals surface area contributed by atoms with Gasteiger partial charge in [0, 0.05) is 6.08 Å². The second-order valence-electron chi connectivity index (χ2n) is 4.82. The van der Waals surface area contributed by atoms with Crippen molar-refractivity contribution in [1.29, 1.82) is 0 Å². The standard InChI is InChI=1S/C20H18O3/c1-23-20-13-9-17(10-14-20)8-12-19(22)15-18(21)11-7-16-5-3-2-4-6-16/h2-15,21H,1H3/b11-7+,12-8+,18-15-. The summed E-state index contributed by atoms with van der Waals surface area (Å²) in [5, 5.41) is 9.75. The maximum absolute atomic E-state index is 11.8. The molecule has 0 saturated heterocycles. The molecule has 2 aromatic rings. The van der Waals surface area contributed by atoms with Crippen LogP contribution in [0.15, 0.2) is 78.6 Å². The number of hydrogen-bond acceptors (Lipinski definition) is 3. The first kappa shape index (κ1) is 16.3. The third-order valence-electron chi connectivity index (χ3n) is 3.09. The molecule has 1 N–H and O–H groups in total. The monoisotopic (exact) mass is 306 g/mol. The molecule has 0 aliphatic heterocycles. The van der Waals surface area contributed by atoms with Crippen LogP contribution in [0.25, 0.3) is 12.2 Å². The normalized spacial score (nSPS) is 12.0. The summed E-state index contributed by atoms with van der Waals surface area (Å²) in [4.78, 5) is 11.8. The summed E-state index contributed by atoms with van der Waals surface area (Å²) >= 11 is 0. The molecule has 0 bridgehead atoms. The molecule has 0 unspecified atom stereocenters. The lowest BCUT2D eigenvalue weighted by atomic mass is 10.1. The van der Waals surface area contributed by atoms with Crippen LogP contribution in [0.1, 0.15) is 11.1 Å². The summed E-state index contributed by atoms with van der Waals surface area (Å²) in [7, 11) is 1.60. The van der Waals surface area contributed by atoms with Crippen molar-refractivity contribution in [2.45, 2.75) is 0 Å². The van der Waals surface area contributed by atoms with Gasteiger partial charge in [0.1, 0.15) is 11.5 Å². The van der Waals surface area contributed by atoms with Crippen molar-refractivity contribution < 1.29 is 14.6 Å². The lowest BCUT2D eigenvalue weighted by Gasteiger charge is -1.98. The Morgan fingerprint density at radius 2 is 1.52 bits per heavy atom. The van der Waals surface area contributed by atoms with Crippen LogP contribution in [0, 0.1) is 0 Å². The van der Waals surface area contributed by atoms with Crippen LogP contribution in [-0.4, -0.2) is 18.0 Å². The van der Waals surface area contributed by atoms with Gasteiger partial charge in [0.15, 0.2) is 5.78 Å². The summed E-state index contributed by atoms with van der Waals surface area (Å²) in [5.74, 6) is 0.395. The quantitative estimate of drug-likeness (QED) is 0.488. The minimum Gasteiger partial charge on any atom is -0.508 e. The van der Waals surface area contributed by atoms with Gasteiger partial charge in [0.25, 0.3) is 0 Å². The van der Waals surface area contributed by atoms with E-state index in [1.165, 1.54) is 18.2 Å². The van der Waals surface area contributed by atoms with Crippen LogP contribution in [0.2, 0.25) is 0 Å². The van der Waals surface area contributed by atoms with Gasteiger partial charge in [-0.3, -0.25) is 4.79 Å². The van der Waals surface area contributed by atoms with E-state index in [2.05, 4.69) is 0 Å². The van der Waals surface area contributed by atoms with Gasteiger partial charge < -0.3 is 9.84 Å². The van der Waals surface area contributed by atoms with Crippen molar-refractivity contribution in [3.8, 4) is 5.75 Å². The Hall–Kier alpha value is -3.07. The highest BCUT2D eigenvalue weighted by atomic mass is 16.5. The van der Waals surface area contributed by atoms with Crippen LogP contribution in [0.5, 0.6) is 5.75 Å². The number of ether oxygens (including phenoxy) is 1. The molecule has 0 amide bonds. The van der Waals surface area contributed by atoms with E-state index in [0.717, 1.165) is 16.9 Å². The zero-order chi connectivity index (χ0) is 16.5. The molecular formula is C20H18O3. The molecule has 116 valence electrons. The maximum atomic E-state index is 11.8. The third-order valence-corrected chi connectivity index (χ3v) is 3.09. The summed E-state index contributed by atoms with van der Waals surface area (Å²) in [5.41, 5.74) is 1.83. The number of methoxy groups -OCH3 is 1. The molecule has 0 saturated carbocycles. The lowest BCUT2D eigenvalue weighted by Crippen LogP contribution is -1.88. The molecule has 3 heteroatoms. The average molecular weight is 306 g/mol. The predicted octanol–water partition coefficient (Wildman–Crippen LogP) is 4.43. The van der Waals surface area contributed by atoms with E-state index in [1.54, 1.807) is 19.3 Å².